The average Bonchev–Trinajstić information content (AvgIpc) is 2.79. The minimum atomic E-state index is -0.408. The molecule has 0 radical (unpaired) electrons. The molecule has 2 aromatic heterocycles. The van der Waals surface area contributed by atoms with Crippen molar-refractivity contribution >= 4 is 39.9 Å². The SMILES string of the molecule is CC(C)C(=O)c1cnc(N)nc1NC(C)c1cc2cccc(Cl)c2c(=O)n1-c1ccccc1. The highest BCUT2D eigenvalue weighted by Gasteiger charge is 2.22. The molecule has 2 aromatic carbocycles. The summed E-state index contributed by atoms with van der Waals surface area (Å²) in [4.78, 5) is 34.6. The van der Waals surface area contributed by atoms with E-state index in [1.807, 2.05) is 69.3 Å². The Morgan fingerprint density at radius 3 is 2.52 bits per heavy atom. The zero-order valence-electron chi connectivity index (χ0n) is 18.5. The van der Waals surface area contributed by atoms with Crippen LogP contribution in [0.1, 0.15) is 42.9 Å². The molecule has 0 saturated heterocycles. The molecule has 0 saturated carbocycles. The molecule has 0 fully saturated rings. The number of rotatable bonds is 6. The molecular formula is C25H24ClN5O2. The first-order chi connectivity index (χ1) is 15.8. The summed E-state index contributed by atoms with van der Waals surface area (Å²) in [5.41, 5.74) is 7.32. The topological polar surface area (TPSA) is 103 Å². The smallest absolute Gasteiger partial charge is 0.264 e. The molecule has 2 heterocycles. The first-order valence-corrected chi connectivity index (χ1v) is 11.0. The van der Waals surface area contributed by atoms with Crippen LogP contribution in [-0.2, 0) is 0 Å². The fourth-order valence-corrected chi connectivity index (χ4v) is 4.04. The Morgan fingerprint density at radius 2 is 1.82 bits per heavy atom. The molecule has 3 N–H and O–H groups in total. The fourth-order valence-electron chi connectivity index (χ4n) is 3.78. The zero-order chi connectivity index (χ0) is 23.7. The van der Waals surface area contributed by atoms with Gasteiger partial charge in [-0.1, -0.05) is 55.8 Å². The molecule has 8 heteroatoms. The van der Waals surface area contributed by atoms with Gasteiger partial charge in [0.15, 0.2) is 5.78 Å². The van der Waals surface area contributed by atoms with Crippen molar-refractivity contribution in [3.05, 3.63) is 87.4 Å². The second-order valence-corrected chi connectivity index (χ2v) is 8.53. The van der Waals surface area contributed by atoms with Gasteiger partial charge in [0.25, 0.3) is 5.56 Å². The number of para-hydroxylation sites is 1. The van der Waals surface area contributed by atoms with E-state index in [2.05, 4.69) is 15.3 Å². The lowest BCUT2D eigenvalue weighted by atomic mass is 10.0. The number of carbonyl (C=O) groups excluding carboxylic acids is 1. The third-order valence-electron chi connectivity index (χ3n) is 5.43. The largest absolute Gasteiger partial charge is 0.368 e. The fraction of sp³-hybridized carbons (Fsp3) is 0.200. The first-order valence-electron chi connectivity index (χ1n) is 10.6. The van der Waals surface area contributed by atoms with Crippen molar-refractivity contribution in [1.29, 1.82) is 0 Å². The summed E-state index contributed by atoms with van der Waals surface area (Å²) in [6.07, 6.45) is 1.43. The predicted molar refractivity (Wildman–Crippen MR) is 132 cm³/mol. The van der Waals surface area contributed by atoms with Crippen LogP contribution in [0.25, 0.3) is 16.5 Å². The van der Waals surface area contributed by atoms with E-state index < -0.39 is 6.04 Å². The maximum absolute atomic E-state index is 13.6. The number of anilines is 2. The number of nitrogens with zero attached hydrogens (tertiary/aromatic N) is 3. The summed E-state index contributed by atoms with van der Waals surface area (Å²) in [6, 6.07) is 16.2. The molecule has 7 nitrogen and oxygen atoms in total. The minimum Gasteiger partial charge on any atom is -0.368 e. The number of carbonyl (C=O) groups is 1. The molecule has 4 rings (SSSR count). The molecule has 0 aliphatic rings. The molecule has 0 spiro atoms. The van der Waals surface area contributed by atoms with Crippen LogP contribution in [-0.4, -0.2) is 20.3 Å². The first kappa shape index (κ1) is 22.5. The molecule has 1 atom stereocenters. The van der Waals surface area contributed by atoms with Gasteiger partial charge in [-0.2, -0.15) is 4.98 Å². The number of nitrogens with one attached hydrogen (secondary N) is 1. The molecule has 168 valence electrons. The van der Waals surface area contributed by atoms with Crippen molar-refractivity contribution < 1.29 is 4.79 Å². The van der Waals surface area contributed by atoms with Gasteiger partial charge >= 0.3 is 0 Å². The van der Waals surface area contributed by atoms with Crippen LogP contribution in [0.5, 0.6) is 0 Å². The summed E-state index contributed by atoms with van der Waals surface area (Å²) in [6.45, 7) is 5.52. The van der Waals surface area contributed by atoms with Crippen LogP contribution in [0.3, 0.4) is 0 Å². The standard InChI is InChI=1S/C25H24ClN5O2/c1-14(2)22(32)18-13-28-25(27)30-23(18)29-15(3)20-12-16-8-7-11-19(26)21(16)24(33)31(20)17-9-5-4-6-10-17/h4-15H,1-3H3,(H3,27,28,29,30). The van der Waals surface area contributed by atoms with Gasteiger partial charge in [-0.05, 0) is 36.6 Å². The Labute approximate surface area is 196 Å². The minimum absolute atomic E-state index is 0.0516. The average molecular weight is 462 g/mol. The maximum Gasteiger partial charge on any atom is 0.264 e. The molecule has 0 aliphatic carbocycles. The number of aromatic nitrogens is 3. The highest BCUT2D eigenvalue weighted by Crippen LogP contribution is 2.28. The van der Waals surface area contributed by atoms with Gasteiger partial charge in [0.05, 0.1) is 22.0 Å². The van der Waals surface area contributed by atoms with Crippen LogP contribution < -0.4 is 16.6 Å². The van der Waals surface area contributed by atoms with E-state index in [9.17, 15) is 9.59 Å². The Bertz CT molecular complexity index is 1400. The molecule has 1 unspecified atom stereocenters. The van der Waals surface area contributed by atoms with Crippen LogP contribution in [0.15, 0.2) is 65.6 Å². The van der Waals surface area contributed by atoms with E-state index in [0.717, 1.165) is 5.39 Å². The lowest BCUT2D eigenvalue weighted by Crippen LogP contribution is -2.26. The van der Waals surface area contributed by atoms with Gasteiger partial charge in [0, 0.05) is 23.5 Å². The van der Waals surface area contributed by atoms with Crippen LogP contribution >= 0.6 is 11.6 Å². The summed E-state index contributed by atoms with van der Waals surface area (Å²) in [7, 11) is 0. The van der Waals surface area contributed by atoms with Crippen molar-refractivity contribution in [2.24, 2.45) is 5.92 Å². The third kappa shape index (κ3) is 4.32. The summed E-state index contributed by atoms with van der Waals surface area (Å²) in [5, 5.41) is 4.84. The Morgan fingerprint density at radius 1 is 1.09 bits per heavy atom. The Hall–Kier alpha value is -3.71. The number of hydrogen-bond acceptors (Lipinski definition) is 6. The number of benzene rings is 2. The van der Waals surface area contributed by atoms with Crippen molar-refractivity contribution in [3.63, 3.8) is 0 Å². The number of pyridine rings is 1. The second kappa shape index (κ2) is 9.03. The molecule has 0 amide bonds. The van der Waals surface area contributed by atoms with Gasteiger partial charge in [-0.3, -0.25) is 14.2 Å². The van der Waals surface area contributed by atoms with Crippen LogP contribution in [0, 0.1) is 5.92 Å². The lowest BCUT2D eigenvalue weighted by Gasteiger charge is -2.22. The number of nitrogen functional groups attached to an aromatic ring is 1. The molecule has 0 bridgehead atoms. The van der Waals surface area contributed by atoms with Gasteiger partial charge in [-0.15, -0.1) is 0 Å². The van der Waals surface area contributed by atoms with Crippen molar-refractivity contribution in [3.8, 4) is 5.69 Å². The summed E-state index contributed by atoms with van der Waals surface area (Å²) < 4.78 is 1.63. The quantitative estimate of drug-likeness (QED) is 0.390. The highest BCUT2D eigenvalue weighted by atomic mass is 35.5. The van der Waals surface area contributed by atoms with E-state index >= 15 is 0 Å². The van der Waals surface area contributed by atoms with Gasteiger partial charge in [-0.25, -0.2) is 4.98 Å². The van der Waals surface area contributed by atoms with E-state index in [0.29, 0.717) is 33.2 Å². The molecule has 33 heavy (non-hydrogen) atoms. The number of ketones is 1. The van der Waals surface area contributed by atoms with E-state index in [4.69, 9.17) is 17.3 Å². The summed E-state index contributed by atoms with van der Waals surface area (Å²) in [5.74, 6) is 0.0385. The second-order valence-electron chi connectivity index (χ2n) is 8.12. The van der Waals surface area contributed by atoms with Gasteiger partial charge in [0.2, 0.25) is 5.95 Å². The number of Topliss-reactive ketones (excluding diaryl/α,β-unsaturated/α-hetero) is 1. The molecule has 4 aromatic rings. The predicted octanol–water partition coefficient (Wildman–Crippen LogP) is 5.03. The van der Waals surface area contributed by atoms with Gasteiger partial charge < -0.3 is 11.1 Å². The number of hydrogen-bond donors (Lipinski definition) is 2. The zero-order valence-corrected chi connectivity index (χ0v) is 19.3. The van der Waals surface area contributed by atoms with Crippen LogP contribution in [0.2, 0.25) is 5.02 Å². The van der Waals surface area contributed by atoms with Crippen molar-refractivity contribution in [2.45, 2.75) is 26.8 Å². The highest BCUT2D eigenvalue weighted by molar-refractivity contribution is 6.35. The van der Waals surface area contributed by atoms with Gasteiger partial charge in [0.1, 0.15) is 5.82 Å². The molecule has 0 aliphatic heterocycles. The monoisotopic (exact) mass is 461 g/mol. The van der Waals surface area contributed by atoms with Crippen molar-refractivity contribution in [2.75, 3.05) is 11.1 Å². The van der Waals surface area contributed by atoms with E-state index in [-0.39, 0.29) is 23.2 Å². The van der Waals surface area contributed by atoms with Crippen molar-refractivity contribution in [1.82, 2.24) is 14.5 Å². The maximum atomic E-state index is 13.6. The molecular weight excluding hydrogens is 438 g/mol. The van der Waals surface area contributed by atoms with E-state index in [1.54, 1.807) is 10.6 Å². The van der Waals surface area contributed by atoms with Crippen LogP contribution in [0.4, 0.5) is 11.8 Å². The summed E-state index contributed by atoms with van der Waals surface area (Å²) >= 11 is 6.39. The Kier molecular flexibility index (Phi) is 6.16. The van der Waals surface area contributed by atoms with E-state index in [1.165, 1.54) is 6.20 Å². The number of halogens is 1. The lowest BCUT2D eigenvalue weighted by molar-refractivity contribution is 0.0939. The Balaban J connectivity index is 1.90. The number of fused-ring (bicyclic) bond motifs is 1. The number of nitrogens with two attached hydrogens (primary N) is 1. The third-order valence-corrected chi connectivity index (χ3v) is 5.75. The normalized spacial score (nSPS) is 12.2.